The lowest BCUT2D eigenvalue weighted by molar-refractivity contribution is 0.660. The molecule has 0 bridgehead atoms. The van der Waals surface area contributed by atoms with Gasteiger partial charge in [-0.3, -0.25) is 0 Å². The van der Waals surface area contributed by atoms with Crippen LogP contribution < -0.4 is 4.90 Å². The molecular weight excluding hydrogens is 729 g/mol. The Morgan fingerprint density at radius 2 is 1.05 bits per heavy atom. The average Bonchev–Trinajstić information content (AvgIpc) is 3.91. The zero-order valence-corrected chi connectivity index (χ0v) is 33.4. The van der Waals surface area contributed by atoms with Gasteiger partial charge in [0, 0.05) is 38.9 Å². The van der Waals surface area contributed by atoms with Crippen molar-refractivity contribution in [3.8, 4) is 39.1 Å². The number of hydrogen-bond acceptors (Lipinski definition) is 2. The molecule has 0 spiro atoms. The maximum absolute atomic E-state index is 6.67. The number of rotatable bonds is 6. The minimum Gasteiger partial charge on any atom is -0.454 e. The molecule has 11 aromatic rings. The van der Waals surface area contributed by atoms with Gasteiger partial charge < -0.3 is 13.9 Å². The van der Waals surface area contributed by atoms with Gasteiger partial charge in [-0.05, 0) is 128 Å². The number of furan rings is 1. The molecule has 3 nitrogen and oxygen atoms in total. The van der Waals surface area contributed by atoms with Gasteiger partial charge in [0.05, 0.1) is 5.52 Å². The van der Waals surface area contributed by atoms with Crippen LogP contribution in [0.2, 0.25) is 0 Å². The third-order valence-electron chi connectivity index (χ3n) is 12.8. The van der Waals surface area contributed by atoms with Gasteiger partial charge in [0.2, 0.25) is 0 Å². The Balaban J connectivity index is 0.973. The highest BCUT2D eigenvalue weighted by Gasteiger charge is 2.35. The predicted octanol–water partition coefficient (Wildman–Crippen LogP) is 15.8. The highest BCUT2D eigenvalue weighted by molar-refractivity contribution is 6.17. The standard InChI is InChI=1S/C57H40N2O/c1-57(2)51-18-10-8-16-47(51)48-32-31-46(36-52(48)57)58(43-26-20-39(21-27-43)37-12-4-3-5-13-37)44-28-22-40(23-29-44)42-25-33-53-50(35-42)56-55(49-17-9-11-19-54(49)60-56)59(53)45-30-24-38-14-6-7-15-41(38)34-45/h3-36H,1-2H3. The summed E-state index contributed by atoms with van der Waals surface area (Å²) in [4.78, 5) is 2.39. The van der Waals surface area contributed by atoms with Gasteiger partial charge in [-0.25, -0.2) is 0 Å². The van der Waals surface area contributed by atoms with Crippen LogP contribution in [0.25, 0.3) is 82.8 Å². The van der Waals surface area contributed by atoms with Gasteiger partial charge in [0.1, 0.15) is 11.1 Å². The van der Waals surface area contributed by atoms with E-state index in [9.17, 15) is 0 Å². The zero-order valence-electron chi connectivity index (χ0n) is 33.4. The fourth-order valence-corrected chi connectivity index (χ4v) is 9.75. The van der Waals surface area contributed by atoms with Crippen molar-refractivity contribution in [3.05, 3.63) is 217 Å². The number of nitrogens with zero attached hydrogens (tertiary/aromatic N) is 2. The highest BCUT2D eigenvalue weighted by Crippen LogP contribution is 2.51. The molecular formula is C57H40N2O. The maximum atomic E-state index is 6.67. The van der Waals surface area contributed by atoms with E-state index >= 15 is 0 Å². The Hall–Kier alpha value is -7.62. The van der Waals surface area contributed by atoms with Crippen LogP contribution in [0.5, 0.6) is 0 Å². The first kappa shape index (κ1) is 34.4. The summed E-state index contributed by atoms with van der Waals surface area (Å²) in [5.41, 5.74) is 18.5. The summed E-state index contributed by atoms with van der Waals surface area (Å²) in [5, 5.41) is 4.64. The summed E-state index contributed by atoms with van der Waals surface area (Å²) in [7, 11) is 0. The average molecular weight is 769 g/mol. The zero-order chi connectivity index (χ0) is 40.0. The van der Waals surface area contributed by atoms with Crippen molar-refractivity contribution in [2.24, 2.45) is 0 Å². The largest absolute Gasteiger partial charge is 0.454 e. The lowest BCUT2D eigenvalue weighted by atomic mass is 9.82. The van der Waals surface area contributed by atoms with Crippen molar-refractivity contribution in [2.45, 2.75) is 19.3 Å². The van der Waals surface area contributed by atoms with Gasteiger partial charge in [-0.15, -0.1) is 0 Å². The smallest absolute Gasteiger partial charge is 0.161 e. The molecule has 0 fully saturated rings. The first-order chi connectivity index (χ1) is 29.5. The lowest BCUT2D eigenvalue weighted by Gasteiger charge is -2.28. The minimum absolute atomic E-state index is 0.105. The second-order valence-corrected chi connectivity index (χ2v) is 16.6. The van der Waals surface area contributed by atoms with E-state index in [-0.39, 0.29) is 5.41 Å². The second kappa shape index (κ2) is 13.2. The monoisotopic (exact) mass is 768 g/mol. The molecule has 2 aromatic heterocycles. The van der Waals surface area contributed by atoms with Crippen LogP contribution in [0.4, 0.5) is 17.1 Å². The predicted molar refractivity (Wildman–Crippen MR) is 251 cm³/mol. The SMILES string of the molecule is CC1(C)c2ccccc2-c2ccc(N(c3ccc(-c4ccccc4)cc3)c3ccc(-c4ccc5c(c4)c4oc6ccccc6c4n5-c4ccc5ccccc5c4)cc3)cc21. The molecule has 0 saturated carbocycles. The van der Waals surface area contributed by atoms with Crippen LogP contribution >= 0.6 is 0 Å². The van der Waals surface area contributed by atoms with Crippen LogP contribution in [0.1, 0.15) is 25.0 Å². The normalized spacial score (nSPS) is 13.0. The summed E-state index contributed by atoms with van der Waals surface area (Å²) >= 11 is 0. The van der Waals surface area contributed by atoms with Crippen LogP contribution in [-0.2, 0) is 5.41 Å². The Bertz CT molecular complexity index is 3440. The van der Waals surface area contributed by atoms with E-state index in [1.807, 2.05) is 6.07 Å². The summed E-state index contributed by atoms with van der Waals surface area (Å²) in [6, 6.07) is 74.9. The summed E-state index contributed by atoms with van der Waals surface area (Å²) in [5.74, 6) is 0. The molecule has 0 radical (unpaired) electrons. The third-order valence-corrected chi connectivity index (χ3v) is 12.8. The Morgan fingerprint density at radius 3 is 1.85 bits per heavy atom. The molecule has 2 heterocycles. The van der Waals surface area contributed by atoms with Crippen molar-refractivity contribution in [1.82, 2.24) is 4.57 Å². The van der Waals surface area contributed by atoms with Crippen molar-refractivity contribution in [2.75, 3.05) is 4.90 Å². The van der Waals surface area contributed by atoms with Gasteiger partial charge in [-0.2, -0.15) is 0 Å². The molecule has 1 aliphatic carbocycles. The molecule has 9 aromatic carbocycles. The minimum atomic E-state index is -0.105. The molecule has 60 heavy (non-hydrogen) atoms. The summed E-state index contributed by atoms with van der Waals surface area (Å²) in [6.07, 6.45) is 0. The van der Waals surface area contributed by atoms with Gasteiger partial charge in [0.25, 0.3) is 0 Å². The van der Waals surface area contributed by atoms with Crippen LogP contribution in [0.15, 0.2) is 211 Å². The molecule has 12 rings (SSSR count). The number of hydrogen-bond donors (Lipinski definition) is 0. The first-order valence-electron chi connectivity index (χ1n) is 20.7. The van der Waals surface area contributed by atoms with Crippen LogP contribution in [0.3, 0.4) is 0 Å². The maximum Gasteiger partial charge on any atom is 0.161 e. The van der Waals surface area contributed by atoms with E-state index < -0.39 is 0 Å². The van der Waals surface area contributed by atoms with Crippen molar-refractivity contribution in [3.63, 3.8) is 0 Å². The molecule has 3 heteroatoms. The molecule has 0 aliphatic heterocycles. The Kier molecular flexibility index (Phi) is 7.58. The molecule has 284 valence electrons. The molecule has 0 saturated heterocycles. The summed E-state index contributed by atoms with van der Waals surface area (Å²) in [6.45, 7) is 4.70. The van der Waals surface area contributed by atoms with Gasteiger partial charge in [-0.1, -0.05) is 147 Å². The number of aromatic nitrogens is 1. The topological polar surface area (TPSA) is 21.3 Å². The summed E-state index contributed by atoms with van der Waals surface area (Å²) < 4.78 is 9.04. The number of fused-ring (bicyclic) bond motifs is 9. The number of para-hydroxylation sites is 1. The highest BCUT2D eigenvalue weighted by atomic mass is 16.3. The van der Waals surface area contributed by atoms with Gasteiger partial charge in [0.15, 0.2) is 5.58 Å². The van der Waals surface area contributed by atoms with E-state index in [2.05, 4.69) is 224 Å². The van der Waals surface area contributed by atoms with Crippen LogP contribution in [0, 0.1) is 0 Å². The fraction of sp³-hybridized carbons (Fsp3) is 0.0526. The second-order valence-electron chi connectivity index (χ2n) is 16.6. The van der Waals surface area contributed by atoms with E-state index in [0.29, 0.717) is 0 Å². The number of benzene rings is 9. The molecule has 0 N–H and O–H groups in total. The molecule has 1 aliphatic rings. The van der Waals surface area contributed by atoms with Crippen molar-refractivity contribution < 1.29 is 4.42 Å². The Morgan fingerprint density at radius 1 is 0.433 bits per heavy atom. The van der Waals surface area contributed by atoms with Crippen LogP contribution in [-0.4, -0.2) is 4.57 Å². The molecule has 0 amide bonds. The van der Waals surface area contributed by atoms with Gasteiger partial charge >= 0.3 is 0 Å². The van der Waals surface area contributed by atoms with E-state index in [1.54, 1.807) is 0 Å². The van der Waals surface area contributed by atoms with Crippen molar-refractivity contribution >= 4 is 60.8 Å². The number of anilines is 3. The lowest BCUT2D eigenvalue weighted by Crippen LogP contribution is -2.16. The van der Waals surface area contributed by atoms with Crippen molar-refractivity contribution in [1.29, 1.82) is 0 Å². The quantitative estimate of drug-likeness (QED) is 0.168. The third kappa shape index (κ3) is 5.29. The Labute approximate surface area is 349 Å². The van der Waals surface area contributed by atoms with E-state index in [0.717, 1.165) is 66.8 Å². The molecule has 0 atom stereocenters. The molecule has 0 unspecified atom stereocenters. The first-order valence-corrected chi connectivity index (χ1v) is 20.7. The fourth-order valence-electron chi connectivity index (χ4n) is 9.75. The van der Waals surface area contributed by atoms with E-state index in [4.69, 9.17) is 4.42 Å². The van der Waals surface area contributed by atoms with E-state index in [1.165, 1.54) is 44.2 Å².